The van der Waals surface area contributed by atoms with E-state index in [9.17, 15) is 9.90 Å². The number of carbonyl (C=O) groups is 1. The van der Waals surface area contributed by atoms with Gasteiger partial charge >= 0.3 is 0 Å². The van der Waals surface area contributed by atoms with E-state index >= 15 is 0 Å². The Balaban J connectivity index is 1.95. The monoisotopic (exact) mass is 239 g/mol. The molecule has 2 aliphatic carbocycles. The molecule has 0 aliphatic heterocycles. The lowest BCUT2D eigenvalue weighted by Gasteiger charge is -2.37. The third kappa shape index (κ3) is 2.82. The molecule has 0 bridgehead atoms. The van der Waals surface area contributed by atoms with E-state index in [1.807, 2.05) is 0 Å². The predicted octanol–water partition coefficient (Wildman–Crippen LogP) is 2.23. The molecule has 2 N–H and O–H groups in total. The van der Waals surface area contributed by atoms with E-state index in [2.05, 4.69) is 12.2 Å². The molecular weight excluding hydrogens is 214 g/mol. The topological polar surface area (TPSA) is 49.3 Å². The van der Waals surface area contributed by atoms with Crippen LogP contribution >= 0.6 is 0 Å². The maximum absolute atomic E-state index is 12.3. The second-order valence-corrected chi connectivity index (χ2v) is 6.00. The zero-order valence-corrected chi connectivity index (χ0v) is 10.9. The number of hydrogen-bond donors (Lipinski definition) is 2. The fourth-order valence-electron chi connectivity index (χ4n) is 3.44. The molecule has 0 spiro atoms. The van der Waals surface area contributed by atoms with E-state index in [-0.39, 0.29) is 24.0 Å². The standard InChI is InChI=1S/C14H25NO2/c1-11-6-5-7-12(11)13(17)15-14(10-16)8-3-2-4-9-14/h11-12,16H,2-10H2,1H3,(H,15,17). The van der Waals surface area contributed by atoms with E-state index in [0.29, 0.717) is 5.92 Å². The summed E-state index contributed by atoms with van der Waals surface area (Å²) in [5.74, 6) is 0.876. The van der Waals surface area contributed by atoms with Crippen LogP contribution in [0, 0.1) is 11.8 Å². The van der Waals surface area contributed by atoms with Crippen LogP contribution in [-0.4, -0.2) is 23.2 Å². The SMILES string of the molecule is CC1CCCC1C(=O)NC1(CO)CCCCC1. The maximum Gasteiger partial charge on any atom is 0.223 e. The molecule has 1 amide bonds. The highest BCUT2D eigenvalue weighted by molar-refractivity contribution is 5.80. The molecule has 2 fully saturated rings. The molecule has 0 aromatic carbocycles. The Morgan fingerprint density at radius 1 is 1.24 bits per heavy atom. The highest BCUT2D eigenvalue weighted by Crippen LogP contribution is 2.33. The van der Waals surface area contributed by atoms with Gasteiger partial charge in [-0.15, -0.1) is 0 Å². The lowest BCUT2D eigenvalue weighted by molar-refractivity contribution is -0.129. The van der Waals surface area contributed by atoms with E-state index in [1.54, 1.807) is 0 Å². The summed E-state index contributed by atoms with van der Waals surface area (Å²) in [5, 5.41) is 12.7. The zero-order chi connectivity index (χ0) is 12.3. The minimum atomic E-state index is -0.308. The highest BCUT2D eigenvalue weighted by atomic mass is 16.3. The molecule has 17 heavy (non-hydrogen) atoms. The molecule has 0 aromatic rings. The average molecular weight is 239 g/mol. The minimum absolute atomic E-state index is 0.0971. The third-order valence-corrected chi connectivity index (χ3v) is 4.70. The van der Waals surface area contributed by atoms with Crippen molar-refractivity contribution in [2.45, 2.75) is 63.8 Å². The second-order valence-electron chi connectivity index (χ2n) is 6.00. The first-order valence-electron chi connectivity index (χ1n) is 7.10. The molecule has 0 saturated heterocycles. The Morgan fingerprint density at radius 2 is 1.94 bits per heavy atom. The third-order valence-electron chi connectivity index (χ3n) is 4.70. The van der Waals surface area contributed by atoms with Crippen LogP contribution in [0.3, 0.4) is 0 Å². The maximum atomic E-state index is 12.3. The first kappa shape index (κ1) is 12.9. The van der Waals surface area contributed by atoms with Crippen LogP contribution in [0.4, 0.5) is 0 Å². The first-order valence-corrected chi connectivity index (χ1v) is 7.10. The zero-order valence-electron chi connectivity index (χ0n) is 10.9. The summed E-state index contributed by atoms with van der Waals surface area (Å²) in [4.78, 5) is 12.3. The van der Waals surface area contributed by atoms with Crippen molar-refractivity contribution in [1.29, 1.82) is 0 Å². The minimum Gasteiger partial charge on any atom is -0.394 e. The van der Waals surface area contributed by atoms with Gasteiger partial charge < -0.3 is 10.4 Å². The summed E-state index contributed by atoms with van der Waals surface area (Å²) in [7, 11) is 0. The molecular formula is C14H25NO2. The molecule has 2 aliphatic rings. The molecule has 2 atom stereocenters. The fraction of sp³-hybridized carbons (Fsp3) is 0.929. The van der Waals surface area contributed by atoms with Gasteiger partial charge in [0.15, 0.2) is 0 Å². The van der Waals surface area contributed by atoms with Crippen molar-refractivity contribution in [3.05, 3.63) is 0 Å². The Hall–Kier alpha value is -0.570. The van der Waals surface area contributed by atoms with Crippen molar-refractivity contribution < 1.29 is 9.90 Å². The van der Waals surface area contributed by atoms with Gasteiger partial charge in [-0.2, -0.15) is 0 Å². The van der Waals surface area contributed by atoms with Gasteiger partial charge in [-0.1, -0.05) is 32.6 Å². The largest absolute Gasteiger partial charge is 0.394 e. The summed E-state index contributed by atoms with van der Waals surface area (Å²) in [6, 6.07) is 0. The molecule has 2 unspecified atom stereocenters. The molecule has 2 saturated carbocycles. The summed E-state index contributed by atoms with van der Waals surface area (Å²) < 4.78 is 0. The van der Waals surface area contributed by atoms with Crippen molar-refractivity contribution >= 4 is 5.91 Å². The van der Waals surface area contributed by atoms with Crippen LogP contribution in [0.15, 0.2) is 0 Å². The fourth-order valence-corrected chi connectivity index (χ4v) is 3.44. The Bertz CT molecular complexity index is 271. The second kappa shape index (κ2) is 5.38. The van der Waals surface area contributed by atoms with Crippen molar-refractivity contribution in [2.24, 2.45) is 11.8 Å². The average Bonchev–Trinajstić information content (AvgIpc) is 2.77. The van der Waals surface area contributed by atoms with Gasteiger partial charge in [-0.25, -0.2) is 0 Å². The molecule has 0 aromatic heterocycles. The van der Waals surface area contributed by atoms with Crippen LogP contribution in [-0.2, 0) is 4.79 Å². The number of rotatable bonds is 3. The molecule has 98 valence electrons. The summed E-state index contributed by atoms with van der Waals surface area (Å²) in [5.41, 5.74) is -0.308. The van der Waals surface area contributed by atoms with Gasteiger partial charge in [0.2, 0.25) is 5.91 Å². The summed E-state index contributed by atoms with van der Waals surface area (Å²) in [6.45, 7) is 2.27. The van der Waals surface area contributed by atoms with Gasteiger partial charge in [-0.05, 0) is 31.6 Å². The number of amides is 1. The normalized spacial score (nSPS) is 32.4. The number of aliphatic hydroxyl groups is 1. The van der Waals surface area contributed by atoms with Crippen molar-refractivity contribution in [1.82, 2.24) is 5.32 Å². The van der Waals surface area contributed by atoms with Gasteiger partial charge in [0.25, 0.3) is 0 Å². The number of aliphatic hydroxyl groups excluding tert-OH is 1. The Morgan fingerprint density at radius 3 is 2.47 bits per heavy atom. The molecule has 2 rings (SSSR count). The lowest BCUT2D eigenvalue weighted by Crippen LogP contribution is -2.54. The van der Waals surface area contributed by atoms with E-state index in [1.165, 1.54) is 19.3 Å². The van der Waals surface area contributed by atoms with Crippen LogP contribution in [0.2, 0.25) is 0 Å². The van der Waals surface area contributed by atoms with Gasteiger partial charge in [-0.3, -0.25) is 4.79 Å². The molecule has 0 radical (unpaired) electrons. The van der Waals surface area contributed by atoms with Crippen molar-refractivity contribution in [3.8, 4) is 0 Å². The van der Waals surface area contributed by atoms with E-state index in [4.69, 9.17) is 0 Å². The summed E-state index contributed by atoms with van der Waals surface area (Å²) in [6.07, 6.45) is 8.73. The van der Waals surface area contributed by atoms with Crippen molar-refractivity contribution in [3.63, 3.8) is 0 Å². The van der Waals surface area contributed by atoms with Gasteiger partial charge in [0, 0.05) is 5.92 Å². The van der Waals surface area contributed by atoms with Crippen LogP contribution in [0.25, 0.3) is 0 Å². The number of carbonyl (C=O) groups excluding carboxylic acids is 1. The summed E-state index contributed by atoms with van der Waals surface area (Å²) >= 11 is 0. The Labute approximate surface area is 104 Å². The number of nitrogens with one attached hydrogen (secondary N) is 1. The first-order chi connectivity index (χ1) is 8.17. The van der Waals surface area contributed by atoms with Crippen LogP contribution in [0.5, 0.6) is 0 Å². The van der Waals surface area contributed by atoms with Crippen molar-refractivity contribution in [2.75, 3.05) is 6.61 Å². The lowest BCUT2D eigenvalue weighted by atomic mass is 9.81. The van der Waals surface area contributed by atoms with Crippen LogP contribution in [0.1, 0.15) is 58.3 Å². The van der Waals surface area contributed by atoms with E-state index < -0.39 is 0 Å². The van der Waals surface area contributed by atoms with Gasteiger partial charge in [0.1, 0.15) is 0 Å². The van der Waals surface area contributed by atoms with Crippen LogP contribution < -0.4 is 5.32 Å². The Kier molecular flexibility index (Phi) is 4.08. The molecule has 0 heterocycles. The smallest absolute Gasteiger partial charge is 0.223 e. The molecule has 3 nitrogen and oxygen atoms in total. The number of hydrogen-bond acceptors (Lipinski definition) is 2. The quantitative estimate of drug-likeness (QED) is 0.793. The predicted molar refractivity (Wildman–Crippen MR) is 67.5 cm³/mol. The van der Waals surface area contributed by atoms with E-state index in [0.717, 1.165) is 32.1 Å². The van der Waals surface area contributed by atoms with Gasteiger partial charge in [0.05, 0.1) is 12.1 Å². The molecule has 3 heteroatoms. The highest BCUT2D eigenvalue weighted by Gasteiger charge is 2.37.